The first-order valence-electron chi connectivity index (χ1n) is 12.8. The number of rotatable bonds is 26. The molecule has 0 spiro atoms. The summed E-state index contributed by atoms with van der Waals surface area (Å²) in [5, 5.41) is 8.85. The number of nitrogens with two attached hydrogens (primary N) is 1. The molecule has 4 N–H and O–H groups in total. The maximum atomic E-state index is 11.5. The fourth-order valence-electron chi connectivity index (χ4n) is 3.46. The van der Waals surface area contributed by atoms with Crippen LogP contribution in [0.1, 0.15) is 110 Å². The van der Waals surface area contributed by atoms with Crippen molar-refractivity contribution in [3.05, 3.63) is 0 Å². The third kappa shape index (κ3) is 23.1. The summed E-state index contributed by atoms with van der Waals surface area (Å²) in [6, 6.07) is 0. The molecule has 0 aromatic rings. The van der Waals surface area contributed by atoms with Gasteiger partial charge >= 0.3 is 7.82 Å². The van der Waals surface area contributed by atoms with Gasteiger partial charge in [-0.1, -0.05) is 103 Å². The Hall–Kier alpha value is -0.0500. The number of hydrogen-bond acceptors (Lipinski definition) is 7. The predicted molar refractivity (Wildman–Crippen MR) is 129 cm³/mol. The zero-order valence-electron chi connectivity index (χ0n) is 20.4. The highest BCUT2D eigenvalue weighted by Crippen LogP contribution is 2.42. The lowest BCUT2D eigenvalue weighted by Crippen LogP contribution is -2.24. The van der Waals surface area contributed by atoms with Crippen molar-refractivity contribution < 1.29 is 33.4 Å². The van der Waals surface area contributed by atoms with E-state index in [1.807, 2.05) is 0 Å². The van der Waals surface area contributed by atoms with Crippen molar-refractivity contribution in [3.63, 3.8) is 0 Å². The van der Waals surface area contributed by atoms with Crippen molar-refractivity contribution in [1.82, 2.24) is 0 Å². The molecule has 0 heterocycles. The zero-order valence-corrected chi connectivity index (χ0v) is 21.3. The zero-order chi connectivity index (χ0) is 23.8. The van der Waals surface area contributed by atoms with Gasteiger partial charge < -0.3 is 15.4 Å². The Morgan fingerprint density at radius 1 is 0.719 bits per heavy atom. The first-order valence-corrected chi connectivity index (χ1v) is 14.2. The molecule has 0 fully saturated rings. The van der Waals surface area contributed by atoms with E-state index in [9.17, 15) is 9.46 Å². The Balaban J connectivity index is 3.36. The summed E-state index contributed by atoms with van der Waals surface area (Å²) < 4.78 is 26.3. The van der Waals surface area contributed by atoms with Gasteiger partial charge in [-0.3, -0.25) is 14.3 Å². The summed E-state index contributed by atoms with van der Waals surface area (Å²) in [5.74, 6) is 0. The van der Waals surface area contributed by atoms with Crippen LogP contribution in [-0.4, -0.2) is 49.2 Å². The van der Waals surface area contributed by atoms with E-state index in [2.05, 4.69) is 16.3 Å². The molecule has 0 bridgehead atoms. The van der Waals surface area contributed by atoms with E-state index in [-0.39, 0.29) is 26.4 Å². The average Bonchev–Trinajstić information content (AvgIpc) is 2.79. The lowest BCUT2D eigenvalue weighted by Gasteiger charge is -2.16. The van der Waals surface area contributed by atoms with Gasteiger partial charge in [0.1, 0.15) is 6.10 Å². The minimum atomic E-state index is -4.18. The molecule has 0 saturated carbocycles. The highest BCUT2D eigenvalue weighted by atomic mass is 31.2. The first kappa shape index (κ1) is 31.9. The van der Waals surface area contributed by atoms with Gasteiger partial charge in [-0.15, -0.1) is 0 Å². The lowest BCUT2D eigenvalue weighted by molar-refractivity contribution is -0.292. The third-order valence-electron chi connectivity index (χ3n) is 5.39. The molecule has 2 atom stereocenters. The summed E-state index contributed by atoms with van der Waals surface area (Å²) in [7, 11) is -4.18. The van der Waals surface area contributed by atoms with E-state index in [1.165, 1.54) is 89.9 Å². The van der Waals surface area contributed by atoms with Crippen LogP contribution in [0, 0.1) is 0 Å². The molecule has 0 amide bonds. The summed E-state index contributed by atoms with van der Waals surface area (Å²) in [5.41, 5.74) is 5.20. The summed E-state index contributed by atoms with van der Waals surface area (Å²) >= 11 is 0. The molecule has 194 valence electrons. The maximum Gasteiger partial charge on any atom is 0.472 e. The fourth-order valence-corrected chi connectivity index (χ4v) is 4.22. The third-order valence-corrected chi connectivity index (χ3v) is 6.38. The van der Waals surface area contributed by atoms with Crippen molar-refractivity contribution >= 4 is 7.82 Å². The minimum absolute atomic E-state index is 0.0755. The van der Waals surface area contributed by atoms with Crippen molar-refractivity contribution in [3.8, 4) is 0 Å². The normalized spacial score (nSPS) is 14.5. The fraction of sp³-hybridized carbons (Fsp3) is 1.00. The highest BCUT2D eigenvalue weighted by Gasteiger charge is 2.23. The molecule has 0 aliphatic heterocycles. The van der Waals surface area contributed by atoms with Crippen molar-refractivity contribution in [1.29, 1.82) is 0 Å². The number of hydrogen-bond donors (Lipinski definition) is 3. The van der Waals surface area contributed by atoms with Crippen LogP contribution in [0.2, 0.25) is 0 Å². The van der Waals surface area contributed by atoms with Crippen LogP contribution in [0.5, 0.6) is 0 Å². The lowest BCUT2D eigenvalue weighted by atomic mass is 10.0. The molecular weight excluding hydrogens is 433 g/mol. The summed E-state index contributed by atoms with van der Waals surface area (Å²) in [6.07, 6.45) is 20.2. The van der Waals surface area contributed by atoms with Crippen molar-refractivity contribution in [2.24, 2.45) is 5.73 Å². The van der Waals surface area contributed by atoms with Gasteiger partial charge in [0.2, 0.25) is 0 Å². The molecule has 0 aromatic carbocycles. The molecule has 0 aliphatic rings. The Labute approximate surface area is 196 Å². The molecule has 0 rings (SSSR count). The predicted octanol–water partition coefficient (Wildman–Crippen LogP) is 6.22. The maximum absolute atomic E-state index is 11.5. The van der Waals surface area contributed by atoms with E-state index in [0.717, 1.165) is 12.8 Å². The molecule has 0 radical (unpaired) electrons. The quantitative estimate of drug-likeness (QED) is 0.0574. The molecular formula is C23H50NO7P. The van der Waals surface area contributed by atoms with E-state index < -0.39 is 13.9 Å². The summed E-state index contributed by atoms with van der Waals surface area (Å²) in [6.45, 7) is 2.60. The van der Waals surface area contributed by atoms with E-state index in [4.69, 9.17) is 20.3 Å². The SMILES string of the molecule is CCCCCCCCCCCCCCCCCCOC[C@H](COP(=O)(O)OCCN)OO. The van der Waals surface area contributed by atoms with Crippen molar-refractivity contribution in [2.75, 3.05) is 33.0 Å². The summed E-state index contributed by atoms with van der Waals surface area (Å²) in [4.78, 5) is 13.6. The number of unbranched alkanes of at least 4 members (excludes halogenated alkanes) is 15. The van der Waals surface area contributed by atoms with E-state index >= 15 is 0 Å². The monoisotopic (exact) mass is 483 g/mol. The molecule has 0 aromatic heterocycles. The molecule has 1 unspecified atom stereocenters. The largest absolute Gasteiger partial charge is 0.472 e. The Kier molecular flexibility index (Phi) is 24.0. The van der Waals surface area contributed by atoms with Gasteiger partial charge in [-0.25, -0.2) is 9.45 Å². The Morgan fingerprint density at radius 3 is 1.62 bits per heavy atom. The van der Waals surface area contributed by atoms with Crippen LogP contribution >= 0.6 is 7.82 Å². The van der Waals surface area contributed by atoms with Gasteiger partial charge in [0.15, 0.2) is 0 Å². The molecule has 8 nitrogen and oxygen atoms in total. The highest BCUT2D eigenvalue weighted by molar-refractivity contribution is 7.47. The van der Waals surface area contributed by atoms with Gasteiger partial charge in [0, 0.05) is 13.2 Å². The van der Waals surface area contributed by atoms with Gasteiger partial charge in [-0.05, 0) is 6.42 Å². The van der Waals surface area contributed by atoms with E-state index in [1.54, 1.807) is 0 Å². The second kappa shape index (κ2) is 24.1. The van der Waals surface area contributed by atoms with Crippen molar-refractivity contribution in [2.45, 2.75) is 116 Å². The van der Waals surface area contributed by atoms with Crippen LogP contribution < -0.4 is 5.73 Å². The molecule has 0 saturated heterocycles. The number of phosphoric ester groups is 1. The molecule has 0 aliphatic carbocycles. The average molecular weight is 484 g/mol. The molecule has 9 heteroatoms. The second-order valence-corrected chi connectivity index (χ2v) is 9.95. The van der Waals surface area contributed by atoms with E-state index in [0.29, 0.717) is 6.61 Å². The number of ether oxygens (including phenoxy) is 1. The molecule has 32 heavy (non-hydrogen) atoms. The minimum Gasteiger partial charge on any atom is -0.379 e. The van der Waals surface area contributed by atoms with Gasteiger partial charge in [-0.2, -0.15) is 0 Å². The Morgan fingerprint density at radius 2 is 1.19 bits per heavy atom. The first-order chi connectivity index (χ1) is 15.6. The number of phosphoric acid groups is 1. The standard InChI is InChI=1S/C23H50NO7P/c1-2-3-4-5-6-7-8-9-10-11-12-13-14-15-16-17-19-28-21-23(31-25)22-30-32(26,27)29-20-18-24/h23,25H,2-22,24H2,1H3,(H,26,27)/t23-/m1/s1. The van der Waals surface area contributed by atoms with Crippen LogP contribution in [0.3, 0.4) is 0 Å². The van der Waals surface area contributed by atoms with Crippen LogP contribution in [0.15, 0.2) is 0 Å². The van der Waals surface area contributed by atoms with Gasteiger partial charge in [0.25, 0.3) is 0 Å². The smallest absolute Gasteiger partial charge is 0.379 e. The van der Waals surface area contributed by atoms with Crippen LogP contribution in [0.4, 0.5) is 0 Å². The second-order valence-electron chi connectivity index (χ2n) is 8.49. The van der Waals surface area contributed by atoms with Crippen LogP contribution in [0.25, 0.3) is 0 Å². The topological polar surface area (TPSA) is 120 Å². The van der Waals surface area contributed by atoms with Crippen LogP contribution in [-0.2, 0) is 23.2 Å². The van der Waals surface area contributed by atoms with Gasteiger partial charge in [0.05, 0.1) is 19.8 Å². The Bertz CT molecular complexity index is 429.